The zero-order valence-corrected chi connectivity index (χ0v) is 22.3. The number of fused-ring (bicyclic) bond motifs is 3. The molecule has 10 heteroatoms. The highest BCUT2D eigenvalue weighted by Crippen LogP contribution is 2.43. The molecule has 0 bridgehead atoms. The van der Waals surface area contributed by atoms with Crippen molar-refractivity contribution in [2.75, 3.05) is 20.2 Å². The van der Waals surface area contributed by atoms with Gasteiger partial charge in [-0.25, -0.2) is 14.8 Å². The number of nitrogens with one attached hydrogen (secondary N) is 1. The Balaban J connectivity index is 1.69. The van der Waals surface area contributed by atoms with Gasteiger partial charge in [0.15, 0.2) is 5.82 Å². The van der Waals surface area contributed by atoms with Crippen molar-refractivity contribution in [2.45, 2.75) is 50.7 Å². The van der Waals surface area contributed by atoms with Gasteiger partial charge in [0.25, 0.3) is 0 Å². The Bertz CT molecular complexity index is 1420. The van der Waals surface area contributed by atoms with Crippen molar-refractivity contribution in [1.82, 2.24) is 19.9 Å². The van der Waals surface area contributed by atoms with Crippen LogP contribution in [0.15, 0.2) is 30.5 Å². The number of aryl methyl sites for hydroxylation is 1. The van der Waals surface area contributed by atoms with Gasteiger partial charge in [0, 0.05) is 37.6 Å². The first kappa shape index (κ1) is 25.9. The van der Waals surface area contributed by atoms with Crippen LogP contribution < -0.4 is 15.8 Å². The van der Waals surface area contributed by atoms with Crippen LogP contribution in [0.1, 0.15) is 53.9 Å². The van der Waals surface area contributed by atoms with Crippen LogP contribution in [-0.2, 0) is 29.4 Å². The van der Waals surface area contributed by atoms with Crippen LogP contribution in [0.2, 0.25) is 0 Å². The van der Waals surface area contributed by atoms with Crippen LogP contribution in [0.3, 0.4) is 0 Å². The second kappa shape index (κ2) is 9.21. The van der Waals surface area contributed by atoms with E-state index in [0.29, 0.717) is 54.4 Å². The average Bonchev–Trinajstić information content (AvgIpc) is 3.14. The quantitative estimate of drug-likeness (QED) is 0.419. The van der Waals surface area contributed by atoms with Crippen LogP contribution in [0.4, 0.5) is 0 Å². The third-order valence-electron chi connectivity index (χ3n) is 7.23. The Labute approximate surface area is 221 Å². The largest absolute Gasteiger partial charge is 0.497 e. The maximum absolute atomic E-state index is 13.6. The summed E-state index contributed by atoms with van der Waals surface area (Å²) in [7, 11) is 3.38. The van der Waals surface area contributed by atoms with Crippen LogP contribution in [0.25, 0.3) is 22.8 Å². The molecule has 1 aliphatic carbocycles. The van der Waals surface area contributed by atoms with Gasteiger partial charge in [0.1, 0.15) is 17.3 Å². The molecule has 5 rings (SSSR count). The third-order valence-corrected chi connectivity index (χ3v) is 7.23. The molecule has 2 aromatic heterocycles. The smallest absolute Gasteiger partial charge is 0.337 e. The van der Waals surface area contributed by atoms with Crippen molar-refractivity contribution in [1.29, 1.82) is 0 Å². The first-order valence-electron chi connectivity index (χ1n) is 12.6. The Morgan fingerprint density at radius 2 is 1.87 bits per heavy atom. The Hall–Kier alpha value is -3.76. The van der Waals surface area contributed by atoms with E-state index in [1.54, 1.807) is 45.7 Å². The van der Waals surface area contributed by atoms with Crippen LogP contribution in [-0.4, -0.2) is 62.9 Å². The zero-order chi connectivity index (χ0) is 27.4. The fraction of sp³-hybridized carbons (Fsp3) is 0.429. The lowest BCUT2D eigenvalue weighted by molar-refractivity contribution is -0.159. The molecule has 1 unspecified atom stereocenters. The van der Waals surface area contributed by atoms with E-state index in [9.17, 15) is 14.7 Å². The normalized spacial score (nSPS) is 16.6. The molecule has 0 amide bonds. The molecule has 1 aromatic carbocycles. The molecule has 0 radical (unpaired) electrons. The number of aromatic carboxylic acids is 1. The highest BCUT2D eigenvalue weighted by molar-refractivity contribution is 5.97. The van der Waals surface area contributed by atoms with E-state index in [2.05, 4.69) is 10.3 Å². The predicted octanol–water partition coefficient (Wildman–Crippen LogP) is 2.68. The molecule has 3 heterocycles. The monoisotopic (exact) mass is 519 g/mol. The Kier molecular flexibility index (Phi) is 6.27. The number of rotatable bonds is 6. The van der Waals surface area contributed by atoms with Crippen molar-refractivity contribution in [2.24, 2.45) is 12.8 Å². The second-order valence-electron chi connectivity index (χ2n) is 11.1. The molecular weight excluding hydrogens is 486 g/mol. The highest BCUT2D eigenvalue weighted by Gasteiger charge is 2.51. The van der Waals surface area contributed by atoms with Crippen LogP contribution >= 0.6 is 0 Å². The van der Waals surface area contributed by atoms with Gasteiger partial charge in [-0.2, -0.15) is 0 Å². The summed E-state index contributed by atoms with van der Waals surface area (Å²) in [6.45, 7) is 6.09. The van der Waals surface area contributed by atoms with Crippen molar-refractivity contribution < 1.29 is 24.2 Å². The van der Waals surface area contributed by atoms with E-state index in [1.807, 2.05) is 24.3 Å². The molecule has 38 heavy (non-hydrogen) atoms. The molecule has 1 saturated heterocycles. The number of nitrogens with two attached hydrogens (primary N) is 1. The molecule has 1 fully saturated rings. The Morgan fingerprint density at radius 1 is 1.18 bits per heavy atom. The summed E-state index contributed by atoms with van der Waals surface area (Å²) in [5.41, 5.74) is 9.11. The highest BCUT2D eigenvalue weighted by atomic mass is 16.6. The summed E-state index contributed by atoms with van der Waals surface area (Å²) >= 11 is 0. The van der Waals surface area contributed by atoms with E-state index in [4.69, 9.17) is 20.2 Å². The number of methoxy groups -OCH3 is 1. The van der Waals surface area contributed by atoms with Gasteiger partial charge >= 0.3 is 11.9 Å². The Morgan fingerprint density at radius 3 is 2.42 bits per heavy atom. The number of hydrogen-bond donors (Lipinski definition) is 3. The number of carboxylic acids is 1. The van der Waals surface area contributed by atoms with Crippen molar-refractivity contribution >= 4 is 11.9 Å². The molecule has 3 aromatic rings. The average molecular weight is 520 g/mol. The van der Waals surface area contributed by atoms with Crippen molar-refractivity contribution in [3.63, 3.8) is 0 Å². The molecule has 10 nitrogen and oxygen atoms in total. The number of ether oxygens (including phenoxy) is 2. The van der Waals surface area contributed by atoms with E-state index in [1.165, 1.54) is 0 Å². The first-order chi connectivity index (χ1) is 17.9. The molecule has 2 aliphatic rings. The molecule has 0 spiro atoms. The fourth-order valence-electron chi connectivity index (χ4n) is 5.42. The lowest BCUT2D eigenvalue weighted by Crippen LogP contribution is -2.70. The van der Waals surface area contributed by atoms with Crippen molar-refractivity contribution in [3.05, 3.63) is 52.8 Å². The molecule has 1 aliphatic heterocycles. The summed E-state index contributed by atoms with van der Waals surface area (Å²) in [5.74, 6) is -1.38. The summed E-state index contributed by atoms with van der Waals surface area (Å²) in [4.78, 5) is 35.8. The van der Waals surface area contributed by atoms with Crippen LogP contribution in [0, 0.1) is 0 Å². The van der Waals surface area contributed by atoms with E-state index >= 15 is 0 Å². The number of aromatic nitrogens is 3. The minimum Gasteiger partial charge on any atom is -0.497 e. The lowest BCUT2D eigenvalue weighted by Gasteiger charge is -2.44. The van der Waals surface area contributed by atoms with Crippen LogP contribution in [0.5, 0.6) is 5.75 Å². The number of carboxylic acid groups (broad SMARTS) is 1. The summed E-state index contributed by atoms with van der Waals surface area (Å²) in [6, 6.07) is 7.43. The summed E-state index contributed by atoms with van der Waals surface area (Å²) < 4.78 is 12.8. The van der Waals surface area contributed by atoms with Crippen molar-refractivity contribution in [3.8, 4) is 28.5 Å². The number of hydrogen-bond acceptors (Lipinski definition) is 8. The number of carbonyl (C=O) groups is 2. The van der Waals surface area contributed by atoms with Gasteiger partial charge in [-0.1, -0.05) is 0 Å². The first-order valence-corrected chi connectivity index (χ1v) is 12.6. The molecule has 4 N–H and O–H groups in total. The number of esters is 1. The second-order valence-corrected chi connectivity index (χ2v) is 11.1. The lowest BCUT2D eigenvalue weighted by atomic mass is 9.76. The van der Waals surface area contributed by atoms with Gasteiger partial charge in [0.2, 0.25) is 0 Å². The van der Waals surface area contributed by atoms with E-state index in [-0.39, 0.29) is 5.56 Å². The van der Waals surface area contributed by atoms with Gasteiger partial charge in [0.05, 0.1) is 29.6 Å². The fourth-order valence-corrected chi connectivity index (χ4v) is 5.42. The standard InChI is InChI=1S/C28H33N5O5/c1-27(2,3)38-26(36)20(28(29)13-30-14-28)23-19(25(34)35)18-11-8-16-12-31-24(32-21(16)22(18)33(23)4)15-6-9-17(37-5)10-7-15/h6-7,9-10,12,20,30H,8,11,13-14,29H2,1-5H3,(H,34,35). The molecule has 0 saturated carbocycles. The maximum Gasteiger partial charge on any atom is 0.337 e. The number of carbonyl (C=O) groups excluding carboxylic acids is 1. The zero-order valence-electron chi connectivity index (χ0n) is 22.3. The minimum absolute atomic E-state index is 0.102. The van der Waals surface area contributed by atoms with E-state index < -0.39 is 29.0 Å². The molecule has 1 atom stereocenters. The topological polar surface area (TPSA) is 142 Å². The minimum atomic E-state index is -1.10. The van der Waals surface area contributed by atoms with E-state index in [0.717, 1.165) is 16.9 Å². The predicted molar refractivity (Wildman–Crippen MR) is 141 cm³/mol. The molecular formula is C28H33N5O5. The maximum atomic E-state index is 13.6. The molecule has 200 valence electrons. The van der Waals surface area contributed by atoms with Gasteiger partial charge < -0.3 is 30.2 Å². The third kappa shape index (κ3) is 4.33. The summed E-state index contributed by atoms with van der Waals surface area (Å²) in [5, 5.41) is 13.5. The van der Waals surface area contributed by atoms with Gasteiger partial charge in [-0.15, -0.1) is 0 Å². The number of benzene rings is 1. The SMILES string of the molecule is COc1ccc(-c2ncc3c(n2)-c2c(c(C(=O)O)c(C(C(=O)OC(C)(C)C)C4(N)CNC4)n2C)CC3)cc1. The van der Waals surface area contributed by atoms with Gasteiger partial charge in [-0.3, -0.25) is 4.79 Å². The summed E-state index contributed by atoms with van der Waals surface area (Å²) in [6.07, 6.45) is 2.87. The van der Waals surface area contributed by atoms with Gasteiger partial charge in [-0.05, 0) is 69.0 Å². The number of nitrogens with zero attached hydrogens (tertiary/aromatic N) is 3.